The number of Topliss-reactive ketones (excluding diaryl/α,β-unsaturated/α-hetero) is 1. The van der Waals surface area contributed by atoms with Crippen LogP contribution in [0.5, 0.6) is 0 Å². The number of nitrogens with zero attached hydrogens (tertiary/aromatic N) is 1. The van der Waals surface area contributed by atoms with Gasteiger partial charge in [0.15, 0.2) is 0 Å². The fourth-order valence-corrected chi connectivity index (χ4v) is 1.80. The minimum Gasteiger partial charge on any atom is -0.384 e. The fraction of sp³-hybridized carbons (Fsp3) is 0.900. The first-order valence-electron chi connectivity index (χ1n) is 4.93. The van der Waals surface area contributed by atoms with Gasteiger partial charge in [-0.05, 0) is 25.8 Å². The molecule has 0 aromatic rings. The highest BCUT2D eigenvalue weighted by molar-refractivity contribution is 5.75. The van der Waals surface area contributed by atoms with Crippen LogP contribution in [0.15, 0.2) is 0 Å². The molecule has 0 aromatic heterocycles. The summed E-state index contributed by atoms with van der Waals surface area (Å²) in [4.78, 5) is 13.1. The van der Waals surface area contributed by atoms with Crippen LogP contribution in [0.2, 0.25) is 0 Å². The van der Waals surface area contributed by atoms with Gasteiger partial charge >= 0.3 is 0 Å². The molecule has 0 spiro atoms. The molecule has 0 radical (unpaired) electrons. The third kappa shape index (κ3) is 3.87. The third-order valence-electron chi connectivity index (χ3n) is 2.55. The van der Waals surface area contributed by atoms with E-state index >= 15 is 0 Å². The van der Waals surface area contributed by atoms with Gasteiger partial charge < -0.3 is 9.64 Å². The maximum absolute atomic E-state index is 10.8. The van der Waals surface area contributed by atoms with Crippen molar-refractivity contribution < 1.29 is 9.53 Å². The molecular formula is C10H19NO2. The molecule has 1 heterocycles. The van der Waals surface area contributed by atoms with Crippen LogP contribution in [-0.4, -0.2) is 44.0 Å². The van der Waals surface area contributed by atoms with Gasteiger partial charge in [-0.3, -0.25) is 4.79 Å². The molecule has 0 aliphatic carbocycles. The molecule has 1 fully saturated rings. The molecule has 3 heteroatoms. The highest BCUT2D eigenvalue weighted by atomic mass is 16.5. The first-order valence-corrected chi connectivity index (χ1v) is 4.93. The number of hydrogen-bond acceptors (Lipinski definition) is 3. The fourth-order valence-electron chi connectivity index (χ4n) is 1.80. The molecular weight excluding hydrogens is 166 g/mol. The predicted octanol–water partition coefficient (Wildman–Crippen LogP) is 0.934. The Labute approximate surface area is 80.1 Å². The van der Waals surface area contributed by atoms with Crippen molar-refractivity contribution in [1.29, 1.82) is 0 Å². The molecule has 76 valence electrons. The lowest BCUT2D eigenvalue weighted by Crippen LogP contribution is -2.24. The van der Waals surface area contributed by atoms with E-state index in [0.717, 1.165) is 26.2 Å². The number of hydrogen-bond donors (Lipinski definition) is 0. The number of likely N-dealkylation sites (tertiary alicyclic amines) is 1. The average molecular weight is 185 g/mol. The van der Waals surface area contributed by atoms with Crippen molar-refractivity contribution in [2.75, 3.05) is 33.4 Å². The summed E-state index contributed by atoms with van der Waals surface area (Å²) >= 11 is 0. The van der Waals surface area contributed by atoms with Crippen LogP contribution >= 0.6 is 0 Å². The Bertz CT molecular complexity index is 170. The second kappa shape index (κ2) is 5.35. The summed E-state index contributed by atoms with van der Waals surface area (Å²) < 4.78 is 5.11. The number of rotatable bonds is 5. The monoisotopic (exact) mass is 185 g/mol. The summed E-state index contributed by atoms with van der Waals surface area (Å²) in [7, 11) is 1.75. The van der Waals surface area contributed by atoms with E-state index in [2.05, 4.69) is 4.90 Å². The molecule has 1 saturated heterocycles. The highest BCUT2D eigenvalue weighted by Gasteiger charge is 2.21. The van der Waals surface area contributed by atoms with Gasteiger partial charge in [-0.1, -0.05) is 0 Å². The maximum Gasteiger partial charge on any atom is 0.131 e. The highest BCUT2D eigenvalue weighted by Crippen LogP contribution is 2.16. The van der Waals surface area contributed by atoms with Crippen molar-refractivity contribution in [3.8, 4) is 0 Å². The SMILES string of the molecule is COCC1CCN(CCC(C)=O)C1. The zero-order valence-electron chi connectivity index (χ0n) is 8.58. The second-order valence-corrected chi connectivity index (χ2v) is 3.86. The molecule has 0 amide bonds. The Morgan fingerprint density at radius 1 is 1.62 bits per heavy atom. The first kappa shape index (κ1) is 10.7. The number of carbonyl (C=O) groups is 1. The Hall–Kier alpha value is -0.410. The summed E-state index contributed by atoms with van der Waals surface area (Å²) in [6, 6.07) is 0. The average Bonchev–Trinajstić information content (AvgIpc) is 2.50. The zero-order valence-corrected chi connectivity index (χ0v) is 8.58. The Morgan fingerprint density at radius 3 is 3.00 bits per heavy atom. The second-order valence-electron chi connectivity index (χ2n) is 3.86. The van der Waals surface area contributed by atoms with E-state index in [1.807, 2.05) is 0 Å². The minimum absolute atomic E-state index is 0.287. The van der Waals surface area contributed by atoms with Crippen molar-refractivity contribution in [3.63, 3.8) is 0 Å². The minimum atomic E-state index is 0.287. The topological polar surface area (TPSA) is 29.5 Å². The molecule has 1 aliphatic rings. The zero-order chi connectivity index (χ0) is 9.68. The number of ketones is 1. The van der Waals surface area contributed by atoms with Crippen LogP contribution in [0.25, 0.3) is 0 Å². The van der Waals surface area contributed by atoms with E-state index in [1.54, 1.807) is 14.0 Å². The van der Waals surface area contributed by atoms with Crippen molar-refractivity contribution >= 4 is 5.78 Å². The first-order chi connectivity index (χ1) is 6.22. The molecule has 0 saturated carbocycles. The molecule has 1 unspecified atom stereocenters. The van der Waals surface area contributed by atoms with Crippen LogP contribution < -0.4 is 0 Å². The largest absolute Gasteiger partial charge is 0.384 e. The summed E-state index contributed by atoms with van der Waals surface area (Å²) in [6.07, 6.45) is 1.91. The maximum atomic E-state index is 10.8. The van der Waals surface area contributed by atoms with Gasteiger partial charge in [0.05, 0.1) is 6.61 Å². The summed E-state index contributed by atoms with van der Waals surface area (Å²) in [6.45, 7) is 5.66. The number of methoxy groups -OCH3 is 1. The van der Waals surface area contributed by atoms with Gasteiger partial charge in [0, 0.05) is 26.6 Å². The van der Waals surface area contributed by atoms with Gasteiger partial charge in [-0.15, -0.1) is 0 Å². The van der Waals surface area contributed by atoms with E-state index in [-0.39, 0.29) is 5.78 Å². The molecule has 1 aliphatic heterocycles. The lowest BCUT2D eigenvalue weighted by atomic mass is 10.1. The third-order valence-corrected chi connectivity index (χ3v) is 2.55. The van der Waals surface area contributed by atoms with Crippen molar-refractivity contribution in [2.45, 2.75) is 19.8 Å². The van der Waals surface area contributed by atoms with E-state index in [1.165, 1.54) is 6.42 Å². The normalized spacial score (nSPS) is 23.7. The molecule has 13 heavy (non-hydrogen) atoms. The van der Waals surface area contributed by atoms with Gasteiger partial charge in [0.2, 0.25) is 0 Å². The summed E-state index contributed by atoms with van der Waals surface area (Å²) in [5.74, 6) is 0.965. The van der Waals surface area contributed by atoms with Crippen LogP contribution in [0.3, 0.4) is 0 Å². The smallest absolute Gasteiger partial charge is 0.131 e. The standard InChI is InChI=1S/C10H19NO2/c1-9(12)3-5-11-6-4-10(7-11)8-13-2/h10H,3-8H2,1-2H3. The van der Waals surface area contributed by atoms with E-state index in [4.69, 9.17) is 4.74 Å². The van der Waals surface area contributed by atoms with Crippen molar-refractivity contribution in [3.05, 3.63) is 0 Å². The summed E-state index contributed by atoms with van der Waals surface area (Å²) in [5.41, 5.74) is 0. The van der Waals surface area contributed by atoms with Crippen molar-refractivity contribution in [2.24, 2.45) is 5.92 Å². The van der Waals surface area contributed by atoms with E-state index < -0.39 is 0 Å². The van der Waals surface area contributed by atoms with Gasteiger partial charge in [-0.2, -0.15) is 0 Å². The molecule has 0 N–H and O–H groups in total. The quantitative estimate of drug-likeness (QED) is 0.638. The van der Waals surface area contributed by atoms with Crippen LogP contribution in [0, 0.1) is 5.92 Å². The molecule has 1 rings (SSSR count). The van der Waals surface area contributed by atoms with Gasteiger partial charge in [-0.25, -0.2) is 0 Å². The Balaban J connectivity index is 2.13. The Morgan fingerprint density at radius 2 is 2.38 bits per heavy atom. The van der Waals surface area contributed by atoms with Gasteiger partial charge in [0.25, 0.3) is 0 Å². The number of carbonyl (C=O) groups excluding carboxylic acids is 1. The predicted molar refractivity (Wildman–Crippen MR) is 51.7 cm³/mol. The van der Waals surface area contributed by atoms with Gasteiger partial charge in [0.1, 0.15) is 5.78 Å². The molecule has 0 aromatic carbocycles. The van der Waals surface area contributed by atoms with Crippen LogP contribution in [-0.2, 0) is 9.53 Å². The lowest BCUT2D eigenvalue weighted by molar-refractivity contribution is -0.117. The van der Waals surface area contributed by atoms with Crippen LogP contribution in [0.1, 0.15) is 19.8 Å². The lowest BCUT2D eigenvalue weighted by Gasteiger charge is -2.14. The summed E-state index contributed by atoms with van der Waals surface area (Å²) in [5, 5.41) is 0. The van der Waals surface area contributed by atoms with E-state index in [0.29, 0.717) is 12.3 Å². The molecule has 3 nitrogen and oxygen atoms in total. The van der Waals surface area contributed by atoms with E-state index in [9.17, 15) is 4.79 Å². The molecule has 0 bridgehead atoms. The number of ether oxygens (including phenoxy) is 1. The Kier molecular flexibility index (Phi) is 4.39. The van der Waals surface area contributed by atoms with Crippen molar-refractivity contribution in [1.82, 2.24) is 4.90 Å². The van der Waals surface area contributed by atoms with Crippen LogP contribution in [0.4, 0.5) is 0 Å². The molecule has 1 atom stereocenters.